The van der Waals surface area contributed by atoms with Crippen molar-refractivity contribution >= 4 is 17.6 Å². The summed E-state index contributed by atoms with van der Waals surface area (Å²) in [5.41, 5.74) is -0.335. The highest BCUT2D eigenvalue weighted by Gasteiger charge is 2.24. The lowest BCUT2D eigenvalue weighted by atomic mass is 10.1. The van der Waals surface area contributed by atoms with Gasteiger partial charge in [-0.05, 0) is 31.4 Å². The summed E-state index contributed by atoms with van der Waals surface area (Å²) < 4.78 is 2.26. The summed E-state index contributed by atoms with van der Waals surface area (Å²) in [6, 6.07) is 3.99. The Bertz CT molecular complexity index is 1040. The first-order valence-corrected chi connectivity index (χ1v) is 7.55. The van der Waals surface area contributed by atoms with Crippen molar-refractivity contribution in [3.8, 4) is 11.8 Å². The molecule has 2 aromatic rings. The van der Waals surface area contributed by atoms with E-state index in [0.29, 0.717) is 24.1 Å². The first-order chi connectivity index (χ1) is 11.4. The van der Waals surface area contributed by atoms with E-state index < -0.39 is 17.2 Å². The second-order valence-electron chi connectivity index (χ2n) is 5.53. The summed E-state index contributed by atoms with van der Waals surface area (Å²) in [4.78, 5) is 36.6. The Labute approximate surface area is 141 Å². The zero-order chi connectivity index (χ0) is 17.6. The van der Waals surface area contributed by atoms with Gasteiger partial charge in [-0.15, -0.1) is 0 Å². The second-order valence-corrected chi connectivity index (χ2v) is 5.93. The van der Waals surface area contributed by atoms with E-state index in [1.807, 2.05) is 0 Å². The molecule has 1 aromatic heterocycles. The summed E-state index contributed by atoms with van der Waals surface area (Å²) in [5.74, 6) is -1.34. The van der Waals surface area contributed by atoms with Crippen LogP contribution in [0.15, 0.2) is 21.7 Å². The van der Waals surface area contributed by atoms with Gasteiger partial charge >= 0.3 is 11.7 Å². The fraction of sp³-hybridized carbons (Fsp3) is 0.250. The quantitative estimate of drug-likeness (QED) is 0.881. The minimum Gasteiger partial charge on any atom is -0.478 e. The number of halogens is 1. The van der Waals surface area contributed by atoms with Crippen LogP contribution in [0.4, 0.5) is 0 Å². The van der Waals surface area contributed by atoms with Gasteiger partial charge in [0.25, 0.3) is 5.56 Å². The number of benzene rings is 1. The van der Waals surface area contributed by atoms with Crippen LogP contribution in [0.5, 0.6) is 0 Å². The van der Waals surface area contributed by atoms with Crippen LogP contribution in [0, 0.1) is 11.3 Å². The molecule has 0 unspecified atom stereocenters. The van der Waals surface area contributed by atoms with E-state index in [1.165, 1.54) is 4.57 Å². The molecule has 0 spiro atoms. The van der Waals surface area contributed by atoms with Crippen molar-refractivity contribution < 1.29 is 9.90 Å². The number of fused-ring (bicyclic) bond motifs is 1. The number of rotatable bonds is 2. The first kappa shape index (κ1) is 16.0. The van der Waals surface area contributed by atoms with Gasteiger partial charge in [-0.3, -0.25) is 4.79 Å². The molecule has 0 radical (unpaired) electrons. The van der Waals surface area contributed by atoms with Crippen LogP contribution in [0.3, 0.4) is 0 Å². The van der Waals surface area contributed by atoms with E-state index >= 15 is 0 Å². The van der Waals surface area contributed by atoms with E-state index in [-0.39, 0.29) is 21.8 Å². The van der Waals surface area contributed by atoms with Gasteiger partial charge < -0.3 is 9.67 Å². The van der Waals surface area contributed by atoms with Gasteiger partial charge in [-0.25, -0.2) is 14.2 Å². The van der Waals surface area contributed by atoms with Crippen LogP contribution in [0.25, 0.3) is 5.69 Å². The molecule has 1 N–H and O–H groups in total. The fourth-order valence-electron chi connectivity index (χ4n) is 3.03. The maximum Gasteiger partial charge on any atom is 0.337 e. The van der Waals surface area contributed by atoms with Crippen LogP contribution >= 0.6 is 11.6 Å². The zero-order valence-corrected chi connectivity index (χ0v) is 13.4. The van der Waals surface area contributed by atoms with Crippen LogP contribution in [0.2, 0.25) is 5.02 Å². The van der Waals surface area contributed by atoms with Gasteiger partial charge in [0.2, 0.25) is 0 Å². The molecule has 7 nitrogen and oxygen atoms in total. The van der Waals surface area contributed by atoms with Gasteiger partial charge in [0.15, 0.2) is 0 Å². The molecule has 1 heterocycles. The predicted octanol–water partition coefficient (Wildman–Crippen LogP) is 1.25. The van der Waals surface area contributed by atoms with E-state index in [9.17, 15) is 19.5 Å². The van der Waals surface area contributed by atoms with Gasteiger partial charge in [-0.1, -0.05) is 11.6 Å². The summed E-state index contributed by atoms with van der Waals surface area (Å²) in [6.45, 7) is 0. The maximum absolute atomic E-state index is 12.7. The van der Waals surface area contributed by atoms with Gasteiger partial charge in [0.1, 0.15) is 6.07 Å². The number of carbonyl (C=O) groups is 1. The summed E-state index contributed by atoms with van der Waals surface area (Å²) in [5, 5.41) is 18.2. The zero-order valence-electron chi connectivity index (χ0n) is 12.7. The third-order valence-electron chi connectivity index (χ3n) is 4.21. The van der Waals surface area contributed by atoms with Crippen molar-refractivity contribution in [2.24, 2.45) is 7.05 Å². The number of hydrogen-bond acceptors (Lipinski definition) is 4. The monoisotopic (exact) mass is 345 g/mol. The molecule has 0 amide bonds. The van der Waals surface area contributed by atoms with Crippen LogP contribution in [0.1, 0.15) is 33.6 Å². The van der Waals surface area contributed by atoms with Crippen molar-refractivity contribution in [3.05, 3.63) is 60.4 Å². The summed E-state index contributed by atoms with van der Waals surface area (Å²) in [6.07, 6.45) is 1.99. The number of nitriles is 1. The number of aromatic carboxylic acids is 1. The van der Waals surface area contributed by atoms with Crippen molar-refractivity contribution in [2.45, 2.75) is 19.3 Å². The third kappa shape index (κ3) is 2.23. The van der Waals surface area contributed by atoms with Crippen LogP contribution < -0.4 is 11.2 Å². The molecule has 1 aromatic carbocycles. The van der Waals surface area contributed by atoms with E-state index in [2.05, 4.69) is 0 Å². The highest BCUT2D eigenvalue weighted by molar-refractivity contribution is 6.32. The molecule has 1 aliphatic rings. The Kier molecular flexibility index (Phi) is 3.78. The summed E-state index contributed by atoms with van der Waals surface area (Å²) in [7, 11) is 1.57. The largest absolute Gasteiger partial charge is 0.478 e. The topological polar surface area (TPSA) is 105 Å². The highest BCUT2D eigenvalue weighted by Crippen LogP contribution is 2.24. The molecule has 0 saturated carbocycles. The Morgan fingerprint density at radius 3 is 2.67 bits per heavy atom. The van der Waals surface area contributed by atoms with Gasteiger partial charge in [0, 0.05) is 18.3 Å². The number of carboxylic acid groups (broad SMARTS) is 1. The number of hydrogen-bond donors (Lipinski definition) is 1. The SMILES string of the molecule is Cn1c2c(c(=O)n(-c3cc(C(=O)O)c(C#N)cc3Cl)c1=O)CCC2. The Morgan fingerprint density at radius 1 is 1.33 bits per heavy atom. The van der Waals surface area contributed by atoms with Gasteiger partial charge in [-0.2, -0.15) is 5.26 Å². The molecule has 0 bridgehead atoms. The summed E-state index contributed by atoms with van der Waals surface area (Å²) >= 11 is 6.11. The number of nitrogens with zero attached hydrogens (tertiary/aromatic N) is 3. The van der Waals surface area contributed by atoms with Gasteiger partial charge in [0.05, 0.1) is 21.8 Å². The molecule has 1 aliphatic carbocycles. The molecular formula is C16H12ClN3O4. The van der Waals surface area contributed by atoms with E-state index in [1.54, 1.807) is 13.1 Å². The Balaban J connectivity index is 2.40. The molecule has 8 heteroatoms. The average molecular weight is 346 g/mol. The van der Waals surface area contributed by atoms with E-state index in [0.717, 1.165) is 23.1 Å². The Morgan fingerprint density at radius 2 is 2.04 bits per heavy atom. The average Bonchev–Trinajstić information content (AvgIpc) is 3.03. The molecule has 0 aliphatic heterocycles. The maximum atomic E-state index is 12.7. The predicted molar refractivity (Wildman–Crippen MR) is 86.0 cm³/mol. The lowest BCUT2D eigenvalue weighted by Gasteiger charge is -2.14. The molecule has 3 rings (SSSR count). The van der Waals surface area contributed by atoms with Crippen LogP contribution in [-0.2, 0) is 19.9 Å². The molecule has 24 heavy (non-hydrogen) atoms. The first-order valence-electron chi connectivity index (χ1n) is 7.18. The highest BCUT2D eigenvalue weighted by atomic mass is 35.5. The number of aromatic nitrogens is 2. The molecule has 0 atom stereocenters. The third-order valence-corrected chi connectivity index (χ3v) is 4.51. The van der Waals surface area contributed by atoms with Crippen molar-refractivity contribution in [1.82, 2.24) is 9.13 Å². The molecular weight excluding hydrogens is 334 g/mol. The minimum atomic E-state index is -1.34. The molecule has 0 saturated heterocycles. The standard InChI is InChI=1S/C16H12ClN3O4/c1-19-12-4-2-3-9(12)14(21)20(16(19)24)13-6-10(15(22)23)8(7-18)5-11(13)17/h5-6H,2-4H2,1H3,(H,22,23). The molecule has 0 fully saturated rings. The van der Waals surface area contributed by atoms with Crippen molar-refractivity contribution in [3.63, 3.8) is 0 Å². The lowest BCUT2D eigenvalue weighted by molar-refractivity contribution is 0.0696. The van der Waals surface area contributed by atoms with Crippen molar-refractivity contribution in [2.75, 3.05) is 0 Å². The number of carboxylic acids is 1. The van der Waals surface area contributed by atoms with E-state index in [4.69, 9.17) is 16.9 Å². The fourth-order valence-corrected chi connectivity index (χ4v) is 3.28. The van der Waals surface area contributed by atoms with Crippen LogP contribution in [-0.4, -0.2) is 20.2 Å². The Hall–Kier alpha value is -2.85. The molecule has 122 valence electrons. The van der Waals surface area contributed by atoms with Crippen molar-refractivity contribution in [1.29, 1.82) is 5.26 Å². The smallest absolute Gasteiger partial charge is 0.337 e. The lowest BCUT2D eigenvalue weighted by Crippen LogP contribution is -2.40. The minimum absolute atomic E-state index is 0.0336. The normalized spacial score (nSPS) is 12.7. The second kappa shape index (κ2) is 5.65.